The summed E-state index contributed by atoms with van der Waals surface area (Å²) in [6, 6.07) is 4.50. The zero-order valence-electron chi connectivity index (χ0n) is 13.9. The van der Waals surface area contributed by atoms with Crippen molar-refractivity contribution in [2.24, 2.45) is 0 Å². The molecular formula is C17H19F2N3O2S. The lowest BCUT2D eigenvalue weighted by Gasteiger charge is -2.24. The van der Waals surface area contributed by atoms with Crippen molar-refractivity contribution in [1.82, 2.24) is 15.5 Å². The van der Waals surface area contributed by atoms with Gasteiger partial charge in [0.05, 0.1) is 12.6 Å². The van der Waals surface area contributed by atoms with E-state index in [2.05, 4.69) is 10.6 Å². The van der Waals surface area contributed by atoms with Gasteiger partial charge >= 0.3 is 0 Å². The Kier molecular flexibility index (Phi) is 6.60. The molecule has 2 rings (SSSR count). The standard InChI is InChI=1S/C17H19F2N3O2S/c1-22(2)15(11-3-4-25-10-11)8-20-16(23)9-21-17(24)12-5-13(18)7-14(19)6-12/h3-7,10,15H,8-9H2,1-2H3,(H,20,23)(H,21,24). The number of carbonyl (C=O) groups is 2. The quantitative estimate of drug-likeness (QED) is 0.789. The van der Waals surface area contributed by atoms with Crippen LogP contribution < -0.4 is 10.6 Å². The molecule has 0 saturated heterocycles. The molecule has 5 nitrogen and oxygen atoms in total. The summed E-state index contributed by atoms with van der Waals surface area (Å²) in [7, 11) is 3.82. The Morgan fingerprint density at radius 1 is 1.16 bits per heavy atom. The van der Waals surface area contributed by atoms with E-state index in [1.165, 1.54) is 0 Å². The van der Waals surface area contributed by atoms with Gasteiger partial charge in [0.2, 0.25) is 5.91 Å². The molecule has 8 heteroatoms. The molecule has 0 spiro atoms. The molecule has 1 aromatic carbocycles. The second-order valence-corrected chi connectivity index (χ2v) is 6.46. The molecule has 0 bridgehead atoms. The highest BCUT2D eigenvalue weighted by Crippen LogP contribution is 2.19. The zero-order chi connectivity index (χ0) is 18.4. The van der Waals surface area contributed by atoms with Crippen molar-refractivity contribution in [3.05, 3.63) is 57.8 Å². The highest BCUT2D eigenvalue weighted by atomic mass is 32.1. The summed E-state index contributed by atoms with van der Waals surface area (Å²) in [5, 5.41) is 9.06. The average molecular weight is 367 g/mol. The minimum atomic E-state index is -0.848. The van der Waals surface area contributed by atoms with Crippen molar-refractivity contribution in [1.29, 1.82) is 0 Å². The molecule has 134 valence electrons. The normalized spacial score (nSPS) is 12.0. The van der Waals surface area contributed by atoms with Gasteiger partial charge in [0.1, 0.15) is 11.6 Å². The largest absolute Gasteiger partial charge is 0.353 e. The first-order chi connectivity index (χ1) is 11.9. The number of carbonyl (C=O) groups excluding carboxylic acids is 2. The van der Waals surface area contributed by atoms with Gasteiger partial charge in [0, 0.05) is 18.2 Å². The third kappa shape index (κ3) is 5.61. The van der Waals surface area contributed by atoms with Crippen molar-refractivity contribution in [2.75, 3.05) is 27.2 Å². The summed E-state index contributed by atoms with van der Waals surface area (Å²) in [5.74, 6) is -2.79. The van der Waals surface area contributed by atoms with Crippen LogP contribution in [-0.4, -0.2) is 43.9 Å². The Hall–Kier alpha value is -2.32. The fraction of sp³-hybridized carbons (Fsp3) is 0.294. The smallest absolute Gasteiger partial charge is 0.251 e. The number of hydrogen-bond acceptors (Lipinski definition) is 4. The van der Waals surface area contributed by atoms with Gasteiger partial charge in [0.25, 0.3) is 5.91 Å². The van der Waals surface area contributed by atoms with Gasteiger partial charge in [-0.05, 0) is 48.6 Å². The topological polar surface area (TPSA) is 61.4 Å². The minimum Gasteiger partial charge on any atom is -0.353 e. The molecule has 1 aromatic heterocycles. The number of benzene rings is 1. The number of nitrogens with one attached hydrogen (secondary N) is 2. The van der Waals surface area contributed by atoms with Gasteiger partial charge in [0.15, 0.2) is 0 Å². The van der Waals surface area contributed by atoms with E-state index in [0.717, 1.165) is 17.7 Å². The maximum atomic E-state index is 13.1. The van der Waals surface area contributed by atoms with Gasteiger partial charge in [-0.1, -0.05) is 0 Å². The number of likely N-dealkylation sites (N-methyl/N-ethyl adjacent to an activating group) is 1. The van der Waals surface area contributed by atoms with Crippen molar-refractivity contribution >= 4 is 23.2 Å². The van der Waals surface area contributed by atoms with Crippen LogP contribution >= 0.6 is 11.3 Å². The summed E-state index contributed by atoms with van der Waals surface area (Å²) in [6.45, 7) is 0.105. The van der Waals surface area contributed by atoms with E-state index < -0.39 is 17.5 Å². The molecule has 25 heavy (non-hydrogen) atoms. The van der Waals surface area contributed by atoms with E-state index in [4.69, 9.17) is 0 Å². The molecule has 2 N–H and O–H groups in total. The number of thiophene rings is 1. The van der Waals surface area contributed by atoms with Crippen molar-refractivity contribution in [3.8, 4) is 0 Å². The molecule has 0 aliphatic carbocycles. The molecule has 0 saturated carbocycles. The predicted molar refractivity (Wildman–Crippen MR) is 92.4 cm³/mol. The van der Waals surface area contributed by atoms with Crippen molar-refractivity contribution in [2.45, 2.75) is 6.04 Å². The van der Waals surface area contributed by atoms with Crippen molar-refractivity contribution in [3.63, 3.8) is 0 Å². The number of halogens is 2. The van der Waals surface area contributed by atoms with E-state index in [1.807, 2.05) is 35.8 Å². The molecule has 0 fully saturated rings. The van der Waals surface area contributed by atoms with Gasteiger partial charge in [-0.3, -0.25) is 9.59 Å². The predicted octanol–water partition coefficient (Wildman–Crippen LogP) is 2.18. The molecule has 0 aliphatic rings. The van der Waals surface area contributed by atoms with Crippen LogP contribution in [0.2, 0.25) is 0 Å². The van der Waals surface area contributed by atoms with Crippen LogP contribution in [0.3, 0.4) is 0 Å². The highest BCUT2D eigenvalue weighted by Gasteiger charge is 2.16. The molecule has 2 aromatic rings. The fourth-order valence-electron chi connectivity index (χ4n) is 2.28. The lowest BCUT2D eigenvalue weighted by atomic mass is 10.1. The number of amides is 2. The fourth-order valence-corrected chi connectivity index (χ4v) is 2.99. The summed E-state index contributed by atoms with van der Waals surface area (Å²) in [6.07, 6.45) is 0. The second-order valence-electron chi connectivity index (χ2n) is 5.68. The lowest BCUT2D eigenvalue weighted by molar-refractivity contribution is -0.120. The third-order valence-corrected chi connectivity index (χ3v) is 4.28. The number of nitrogens with zero attached hydrogens (tertiary/aromatic N) is 1. The molecule has 0 radical (unpaired) electrons. The highest BCUT2D eigenvalue weighted by molar-refractivity contribution is 7.07. The Morgan fingerprint density at radius 2 is 1.84 bits per heavy atom. The maximum Gasteiger partial charge on any atom is 0.251 e. The molecule has 0 aliphatic heterocycles. The summed E-state index contributed by atoms with van der Waals surface area (Å²) < 4.78 is 26.2. The van der Waals surface area contributed by atoms with E-state index in [1.54, 1.807) is 11.3 Å². The first kappa shape index (κ1) is 19.0. The van der Waals surface area contributed by atoms with Gasteiger partial charge in [-0.25, -0.2) is 8.78 Å². The van der Waals surface area contributed by atoms with Gasteiger partial charge < -0.3 is 15.5 Å². The van der Waals surface area contributed by atoms with E-state index in [9.17, 15) is 18.4 Å². The van der Waals surface area contributed by atoms with Crippen LogP contribution in [0.5, 0.6) is 0 Å². The van der Waals surface area contributed by atoms with Crippen LogP contribution in [0, 0.1) is 11.6 Å². The number of rotatable bonds is 7. The van der Waals surface area contributed by atoms with E-state index in [-0.39, 0.29) is 24.1 Å². The maximum absolute atomic E-state index is 13.1. The number of hydrogen-bond donors (Lipinski definition) is 2. The van der Waals surface area contributed by atoms with Crippen LogP contribution in [0.15, 0.2) is 35.0 Å². The molecular weight excluding hydrogens is 348 g/mol. The van der Waals surface area contributed by atoms with Crippen LogP contribution in [0.25, 0.3) is 0 Å². The summed E-state index contributed by atoms with van der Waals surface area (Å²) >= 11 is 1.58. The molecule has 2 amide bonds. The monoisotopic (exact) mass is 367 g/mol. The average Bonchev–Trinajstić information content (AvgIpc) is 3.05. The Labute approximate surface area is 148 Å². The third-order valence-electron chi connectivity index (χ3n) is 3.58. The van der Waals surface area contributed by atoms with Gasteiger partial charge in [-0.2, -0.15) is 11.3 Å². The second kappa shape index (κ2) is 8.68. The molecule has 1 atom stereocenters. The van der Waals surface area contributed by atoms with Crippen molar-refractivity contribution < 1.29 is 18.4 Å². The van der Waals surface area contributed by atoms with Crippen LogP contribution in [0.1, 0.15) is 22.0 Å². The SMILES string of the molecule is CN(C)C(CNC(=O)CNC(=O)c1cc(F)cc(F)c1)c1ccsc1. The Morgan fingerprint density at radius 3 is 2.40 bits per heavy atom. The van der Waals surface area contributed by atoms with Crippen LogP contribution in [0.4, 0.5) is 8.78 Å². The summed E-state index contributed by atoms with van der Waals surface area (Å²) in [5.41, 5.74) is 0.921. The molecule has 1 heterocycles. The van der Waals surface area contributed by atoms with E-state index in [0.29, 0.717) is 12.6 Å². The van der Waals surface area contributed by atoms with Gasteiger partial charge in [-0.15, -0.1) is 0 Å². The first-order valence-electron chi connectivity index (χ1n) is 7.56. The Balaban J connectivity index is 1.84. The van der Waals surface area contributed by atoms with E-state index >= 15 is 0 Å². The lowest BCUT2D eigenvalue weighted by Crippen LogP contribution is -2.40. The minimum absolute atomic E-state index is 0.0169. The zero-order valence-corrected chi connectivity index (χ0v) is 14.7. The summed E-state index contributed by atoms with van der Waals surface area (Å²) in [4.78, 5) is 25.8. The Bertz CT molecular complexity index is 715. The van der Waals surface area contributed by atoms with Crippen LogP contribution in [-0.2, 0) is 4.79 Å². The molecule has 1 unspecified atom stereocenters. The first-order valence-corrected chi connectivity index (χ1v) is 8.50.